The van der Waals surface area contributed by atoms with E-state index in [1.54, 1.807) is 7.11 Å². The summed E-state index contributed by atoms with van der Waals surface area (Å²) < 4.78 is 31.5. The number of aromatic nitrogens is 1. The maximum Gasteiger partial charge on any atom is 0.330 e. The van der Waals surface area contributed by atoms with Crippen molar-refractivity contribution in [2.24, 2.45) is 0 Å². The number of phenolic OH excluding ortho intramolecular Hbond substituents is 1. The molecular weight excluding hydrogens is 777 g/mol. The largest absolute Gasteiger partial charge is 0.504 e. The molecule has 15 heteroatoms. The number of hydrogen-bond donors (Lipinski definition) is 5. The number of carbonyl (C=O) groups is 2. The topological polar surface area (TPSA) is 175 Å². The highest BCUT2D eigenvalue weighted by atomic mass is 32.2. The second-order valence-electron chi connectivity index (χ2n) is 17.8. The van der Waals surface area contributed by atoms with Gasteiger partial charge in [0.05, 0.1) is 25.0 Å². The monoisotopic (exact) mass is 824 g/mol. The lowest BCUT2D eigenvalue weighted by Crippen LogP contribution is -2.70. The van der Waals surface area contributed by atoms with Gasteiger partial charge in [0, 0.05) is 88.8 Å². The Balaban J connectivity index is 1.15. The van der Waals surface area contributed by atoms with Gasteiger partial charge >= 0.3 is 11.9 Å². The predicted molar refractivity (Wildman–Crippen MR) is 216 cm³/mol. The Kier molecular flexibility index (Phi) is 7.81. The van der Waals surface area contributed by atoms with Gasteiger partial charge in [-0.2, -0.15) is 11.8 Å². The molecule has 4 aromatic rings. The highest BCUT2D eigenvalue weighted by Gasteiger charge is 2.76. The van der Waals surface area contributed by atoms with Crippen LogP contribution in [0.15, 0.2) is 24.3 Å². The molecule has 3 fully saturated rings. The van der Waals surface area contributed by atoms with Gasteiger partial charge in [-0.15, -0.1) is 0 Å². The summed E-state index contributed by atoms with van der Waals surface area (Å²) in [6.45, 7) is 9.28. The second-order valence-corrected chi connectivity index (χ2v) is 18.8. The van der Waals surface area contributed by atoms with Crippen molar-refractivity contribution in [1.82, 2.24) is 20.1 Å². The number of thioether (sulfide) groups is 1. The highest BCUT2D eigenvalue weighted by Crippen LogP contribution is 2.73. The summed E-state index contributed by atoms with van der Waals surface area (Å²) in [6, 6.07) is 5.20. The number of nitrogens with zero attached hydrogens (tertiary/aromatic N) is 2. The molecule has 1 aromatic heterocycles. The summed E-state index contributed by atoms with van der Waals surface area (Å²) in [5.74, 6) is 0.501. The number of H-pyrrole nitrogens is 1. The molecular formula is C44H48N4O10S. The van der Waals surface area contributed by atoms with Gasteiger partial charge in [-0.1, -0.05) is 11.6 Å². The first-order valence-electron chi connectivity index (χ1n) is 20.3. The van der Waals surface area contributed by atoms with Gasteiger partial charge in [0.25, 0.3) is 0 Å². The van der Waals surface area contributed by atoms with Crippen LogP contribution in [-0.4, -0.2) is 98.4 Å². The van der Waals surface area contributed by atoms with Crippen molar-refractivity contribution in [3.05, 3.63) is 74.5 Å². The van der Waals surface area contributed by atoms with Crippen molar-refractivity contribution in [2.45, 2.75) is 106 Å². The average Bonchev–Trinajstić information content (AvgIpc) is 3.97. The third-order valence-corrected chi connectivity index (χ3v) is 15.7. The summed E-state index contributed by atoms with van der Waals surface area (Å²) in [5, 5.41) is 39.6. The van der Waals surface area contributed by atoms with Crippen LogP contribution in [0.1, 0.15) is 95.0 Å². The van der Waals surface area contributed by atoms with Crippen LogP contribution >= 0.6 is 11.8 Å². The molecule has 0 amide bonds. The molecule has 6 aliphatic heterocycles. The van der Waals surface area contributed by atoms with E-state index in [9.17, 15) is 20.1 Å². The molecule has 5 N–H and O–H groups in total. The first-order valence-corrected chi connectivity index (χ1v) is 21.6. The number of benzene rings is 3. The summed E-state index contributed by atoms with van der Waals surface area (Å²) in [4.78, 5) is 36.5. The summed E-state index contributed by atoms with van der Waals surface area (Å²) in [7, 11) is 1.55. The lowest BCUT2D eigenvalue weighted by molar-refractivity contribution is -0.219. The van der Waals surface area contributed by atoms with Gasteiger partial charge in [0.15, 0.2) is 28.6 Å². The molecule has 1 aliphatic carbocycles. The molecule has 59 heavy (non-hydrogen) atoms. The Labute approximate surface area is 345 Å². The lowest BCUT2D eigenvalue weighted by atomic mass is 9.75. The zero-order chi connectivity index (χ0) is 41.2. The minimum Gasteiger partial charge on any atom is -0.504 e. The van der Waals surface area contributed by atoms with Crippen LogP contribution < -0.4 is 24.3 Å². The van der Waals surface area contributed by atoms with E-state index in [1.165, 1.54) is 18.7 Å². The van der Waals surface area contributed by atoms with Crippen LogP contribution in [0, 0.1) is 20.8 Å². The SMILES string of the molecule is COc1c(C)cc2c(c1O)[C@@H]1C3[C@H](SC)C4(OC(=O)[C@@H]5N[C@H](CO)Cc6c5[nH]c5ccc(C)cc65)C[C@@H](c5c6c(c(C)c(OC(C)=O)c54)OCO6)N3[C@@]3(O)CN1C2(C)C3. The Morgan fingerprint density at radius 1 is 1.10 bits per heavy atom. The minimum atomic E-state index is -1.46. The van der Waals surface area contributed by atoms with E-state index in [0.717, 1.165) is 38.7 Å². The second kappa shape index (κ2) is 12.3. The summed E-state index contributed by atoms with van der Waals surface area (Å²) in [6.07, 6.45) is 3.06. The zero-order valence-corrected chi connectivity index (χ0v) is 34.8. The fourth-order valence-corrected chi connectivity index (χ4v) is 13.8. The molecule has 0 radical (unpaired) electrons. The van der Waals surface area contributed by atoms with E-state index >= 15 is 4.79 Å². The Morgan fingerprint density at radius 3 is 2.61 bits per heavy atom. The first kappa shape index (κ1) is 37.5. The van der Waals surface area contributed by atoms with Crippen molar-refractivity contribution in [3.63, 3.8) is 0 Å². The van der Waals surface area contributed by atoms with E-state index in [0.29, 0.717) is 59.0 Å². The number of carbonyl (C=O) groups excluding carboxylic acids is 2. The normalized spacial score (nSPS) is 33.1. The number of aliphatic hydroxyl groups excluding tert-OH is 1. The van der Waals surface area contributed by atoms with Crippen molar-refractivity contribution in [2.75, 3.05) is 33.3 Å². The van der Waals surface area contributed by atoms with Crippen LogP contribution in [0.4, 0.5) is 0 Å². The number of rotatable bonds is 6. The zero-order valence-electron chi connectivity index (χ0n) is 34.0. The lowest BCUT2D eigenvalue weighted by Gasteiger charge is -2.59. The third kappa shape index (κ3) is 4.60. The number of aromatic amines is 1. The molecule has 3 unspecified atom stereocenters. The average molecular weight is 825 g/mol. The molecule has 11 rings (SSSR count). The highest BCUT2D eigenvalue weighted by molar-refractivity contribution is 7.99. The number of nitrogens with one attached hydrogen (secondary N) is 2. The Hall–Kier alpha value is -4.51. The van der Waals surface area contributed by atoms with Crippen LogP contribution in [0.25, 0.3) is 10.9 Å². The molecule has 3 saturated heterocycles. The first-order chi connectivity index (χ1) is 28.2. The smallest absolute Gasteiger partial charge is 0.330 e. The molecule has 4 bridgehead atoms. The van der Waals surface area contributed by atoms with Gasteiger partial charge in [-0.25, -0.2) is 4.79 Å². The molecule has 0 spiro atoms. The Morgan fingerprint density at radius 2 is 1.88 bits per heavy atom. The maximum atomic E-state index is 15.4. The molecule has 0 saturated carbocycles. The number of fused-ring (bicyclic) bond motifs is 18. The van der Waals surface area contributed by atoms with Crippen LogP contribution in [0.5, 0.6) is 28.7 Å². The quantitative estimate of drug-likeness (QED) is 0.134. The van der Waals surface area contributed by atoms with E-state index in [1.807, 2.05) is 39.2 Å². The van der Waals surface area contributed by atoms with Gasteiger partial charge in [-0.3, -0.25) is 19.9 Å². The fraction of sp³-hybridized carbons (Fsp3) is 0.500. The molecule has 7 aliphatic rings. The van der Waals surface area contributed by atoms with Crippen LogP contribution in [0.2, 0.25) is 0 Å². The van der Waals surface area contributed by atoms with Gasteiger partial charge in [-0.05, 0) is 75.3 Å². The van der Waals surface area contributed by atoms with E-state index in [4.69, 9.17) is 23.7 Å². The number of methoxy groups -OCH3 is 1. The molecule has 310 valence electrons. The number of aromatic hydroxyl groups is 1. The van der Waals surface area contributed by atoms with Gasteiger partial charge in [0.1, 0.15) is 17.5 Å². The summed E-state index contributed by atoms with van der Waals surface area (Å²) in [5.41, 5.74) is 4.32. The van der Waals surface area contributed by atoms with Crippen molar-refractivity contribution in [1.29, 1.82) is 0 Å². The molecule has 9 atom stereocenters. The standard InChI is InChI=1S/C44H48N4O10S/c1-18-8-9-26-23(10-18)24-12-22(14-49)45-32(31(24)46-26)41(52)58-44-13-27(29-30(44)37(57-21(4)50)20(3)38-39(29)56-17-55-38)48-34(40(44)59-7)33-28-25(11-19(2)36(54-6)35(28)51)42(5)15-43(48,53)16-47(33)42/h8-11,22,27,32-34,40,45-46,49,51,53H,12-17H2,1-7H3/t22-,27-,32+,33+,34?,40-,42?,43-,44?/m0/s1. The van der Waals surface area contributed by atoms with Gasteiger partial charge in [0.2, 0.25) is 6.79 Å². The van der Waals surface area contributed by atoms with Crippen molar-refractivity contribution >= 4 is 34.6 Å². The number of hydrogen-bond acceptors (Lipinski definition) is 14. The van der Waals surface area contributed by atoms with Crippen LogP contribution in [0.3, 0.4) is 0 Å². The molecule has 3 aromatic carbocycles. The maximum absolute atomic E-state index is 15.4. The number of aryl methyl sites for hydroxylation is 2. The number of piperazine rings is 1. The van der Waals surface area contributed by atoms with Crippen LogP contribution in [-0.2, 0) is 31.9 Å². The number of ether oxygens (including phenoxy) is 5. The number of phenols is 1. The van der Waals surface area contributed by atoms with Crippen molar-refractivity contribution < 1.29 is 48.6 Å². The van der Waals surface area contributed by atoms with E-state index in [-0.39, 0.29) is 31.3 Å². The predicted octanol–water partition coefficient (Wildman–Crippen LogP) is 4.69. The number of aliphatic hydroxyl groups is 2. The van der Waals surface area contributed by atoms with Crippen molar-refractivity contribution in [3.8, 4) is 28.7 Å². The minimum absolute atomic E-state index is 0.0582. The number of piperidine rings is 1. The fourth-order valence-electron chi connectivity index (χ4n) is 12.6. The van der Waals surface area contributed by atoms with Gasteiger partial charge < -0.3 is 44.0 Å². The van der Waals surface area contributed by atoms with E-state index in [2.05, 4.69) is 39.2 Å². The summed E-state index contributed by atoms with van der Waals surface area (Å²) >= 11 is 1.52. The number of esters is 2. The van der Waals surface area contributed by atoms with E-state index < -0.39 is 64.3 Å². The molecule has 7 heterocycles. The third-order valence-electron chi connectivity index (χ3n) is 14.6. The molecule has 14 nitrogen and oxygen atoms in total. The Bertz CT molecular complexity index is 2560.